The zero-order chi connectivity index (χ0) is 21.5. The minimum atomic E-state index is 0.287. The van der Waals surface area contributed by atoms with Crippen LogP contribution in [0.25, 0.3) is 46.2 Å². The highest BCUT2D eigenvalue weighted by molar-refractivity contribution is 5.62. The second-order valence-electron chi connectivity index (χ2n) is 7.63. The van der Waals surface area contributed by atoms with E-state index in [1.165, 1.54) is 11.1 Å². The van der Waals surface area contributed by atoms with E-state index in [0.29, 0.717) is 23.3 Å². The van der Waals surface area contributed by atoms with Crippen molar-refractivity contribution in [2.45, 2.75) is 27.7 Å². The van der Waals surface area contributed by atoms with Crippen molar-refractivity contribution >= 4 is 0 Å². The molecule has 0 fully saturated rings. The maximum Gasteiger partial charge on any atom is 0.283 e. The molecule has 2 aromatic carbocycles. The predicted octanol–water partition coefficient (Wildman–Crippen LogP) is 5.95. The molecule has 7 heteroatoms. The van der Waals surface area contributed by atoms with E-state index in [1.54, 1.807) is 12.1 Å². The third kappa shape index (κ3) is 3.54. The van der Waals surface area contributed by atoms with Gasteiger partial charge in [-0.3, -0.25) is 0 Å². The first-order chi connectivity index (χ1) is 15.0. The molecule has 154 valence electrons. The van der Waals surface area contributed by atoms with E-state index in [1.807, 2.05) is 52.0 Å². The molecule has 0 aliphatic rings. The number of hydrogen-bond acceptors (Lipinski definition) is 7. The maximum atomic E-state index is 5.86. The summed E-state index contributed by atoms with van der Waals surface area (Å²) < 4.78 is 17.5. The van der Waals surface area contributed by atoms with Gasteiger partial charge in [-0.15, -0.1) is 20.4 Å². The Kier molecular flexibility index (Phi) is 4.51. The van der Waals surface area contributed by atoms with E-state index in [4.69, 9.17) is 13.3 Å². The normalized spacial score (nSPS) is 11.2. The summed E-state index contributed by atoms with van der Waals surface area (Å²) in [5.74, 6) is 2.33. The van der Waals surface area contributed by atoms with Crippen LogP contribution in [0.3, 0.4) is 0 Å². The van der Waals surface area contributed by atoms with Crippen molar-refractivity contribution in [1.29, 1.82) is 0 Å². The summed E-state index contributed by atoms with van der Waals surface area (Å²) in [5.41, 5.74) is 6.28. The fourth-order valence-corrected chi connectivity index (χ4v) is 3.54. The Morgan fingerprint density at radius 1 is 0.484 bits per heavy atom. The van der Waals surface area contributed by atoms with E-state index < -0.39 is 0 Å². The highest BCUT2D eigenvalue weighted by atomic mass is 16.4. The lowest BCUT2D eigenvalue weighted by Crippen LogP contribution is -1.84. The smallest absolute Gasteiger partial charge is 0.283 e. The summed E-state index contributed by atoms with van der Waals surface area (Å²) in [6.45, 7) is 8.12. The Hall–Kier alpha value is -4.00. The first-order valence-electron chi connectivity index (χ1n) is 9.91. The molecule has 7 nitrogen and oxygen atoms in total. The molecule has 3 aromatic heterocycles. The molecular formula is C24H20N4O3. The predicted molar refractivity (Wildman–Crippen MR) is 115 cm³/mol. The first kappa shape index (κ1) is 19.0. The Labute approximate surface area is 178 Å². The van der Waals surface area contributed by atoms with E-state index in [9.17, 15) is 0 Å². The van der Waals surface area contributed by atoms with Crippen LogP contribution in [0.15, 0.2) is 61.8 Å². The van der Waals surface area contributed by atoms with Gasteiger partial charge in [0, 0.05) is 11.1 Å². The number of nitrogens with zero attached hydrogens (tertiary/aromatic N) is 4. The molecule has 31 heavy (non-hydrogen) atoms. The summed E-state index contributed by atoms with van der Waals surface area (Å²) in [6, 6.07) is 15.6. The molecule has 5 rings (SSSR count). The van der Waals surface area contributed by atoms with Crippen LogP contribution in [0.4, 0.5) is 0 Å². The number of benzene rings is 2. The molecule has 0 saturated carbocycles. The number of aryl methyl sites for hydroxylation is 4. The van der Waals surface area contributed by atoms with Crippen molar-refractivity contribution in [2.75, 3.05) is 0 Å². The minimum Gasteiger partial charge on any atom is -0.446 e. The SMILES string of the molecule is Cc1ccc(-c2nnc(-c3ccc(-c4nnc(-c5ccc(C)cc5C)o4)o3)o2)c(C)c1. The van der Waals surface area contributed by atoms with Gasteiger partial charge in [-0.1, -0.05) is 35.4 Å². The largest absolute Gasteiger partial charge is 0.446 e. The third-order valence-electron chi connectivity index (χ3n) is 5.10. The molecule has 3 heterocycles. The van der Waals surface area contributed by atoms with Crippen LogP contribution in [0, 0.1) is 27.7 Å². The standard InChI is InChI=1S/C24H20N4O3/c1-13-5-7-17(15(3)11-13)21-25-27-23(30-21)19-9-10-20(29-19)24-28-26-22(31-24)18-8-6-14(2)12-16(18)4/h5-12H,1-4H3. The van der Waals surface area contributed by atoms with Crippen molar-refractivity contribution in [3.05, 3.63) is 70.8 Å². The average Bonchev–Trinajstić information content (AvgIpc) is 3.48. The summed E-state index contributed by atoms with van der Waals surface area (Å²) in [4.78, 5) is 0. The van der Waals surface area contributed by atoms with Crippen molar-refractivity contribution < 1.29 is 13.3 Å². The summed E-state index contributed by atoms with van der Waals surface area (Å²) in [7, 11) is 0. The zero-order valence-corrected chi connectivity index (χ0v) is 17.6. The molecule has 0 bridgehead atoms. The van der Waals surface area contributed by atoms with Gasteiger partial charge in [0.1, 0.15) is 0 Å². The van der Waals surface area contributed by atoms with Gasteiger partial charge in [-0.25, -0.2) is 0 Å². The topological polar surface area (TPSA) is 91.0 Å². The molecule has 0 spiro atoms. The van der Waals surface area contributed by atoms with Gasteiger partial charge in [0.15, 0.2) is 11.5 Å². The van der Waals surface area contributed by atoms with Crippen LogP contribution in [-0.4, -0.2) is 20.4 Å². The van der Waals surface area contributed by atoms with Crippen LogP contribution in [-0.2, 0) is 0 Å². The summed E-state index contributed by atoms with van der Waals surface area (Å²) in [6.07, 6.45) is 0. The second kappa shape index (κ2) is 7.36. The van der Waals surface area contributed by atoms with Crippen molar-refractivity contribution in [3.8, 4) is 46.2 Å². The maximum absolute atomic E-state index is 5.86. The Balaban J connectivity index is 1.42. The van der Waals surface area contributed by atoms with Crippen LogP contribution >= 0.6 is 0 Å². The molecule has 0 saturated heterocycles. The van der Waals surface area contributed by atoms with E-state index >= 15 is 0 Å². The van der Waals surface area contributed by atoms with E-state index in [0.717, 1.165) is 22.3 Å². The number of aromatic nitrogens is 4. The molecule has 0 radical (unpaired) electrons. The van der Waals surface area contributed by atoms with Crippen LogP contribution < -0.4 is 0 Å². The molecular weight excluding hydrogens is 392 g/mol. The van der Waals surface area contributed by atoms with Crippen LogP contribution in [0.2, 0.25) is 0 Å². The lowest BCUT2D eigenvalue weighted by atomic mass is 10.1. The van der Waals surface area contributed by atoms with Gasteiger partial charge in [0.2, 0.25) is 11.8 Å². The molecule has 5 aromatic rings. The average molecular weight is 412 g/mol. The Morgan fingerprint density at radius 3 is 1.32 bits per heavy atom. The fraction of sp³-hybridized carbons (Fsp3) is 0.167. The third-order valence-corrected chi connectivity index (χ3v) is 5.10. The lowest BCUT2D eigenvalue weighted by Gasteiger charge is -2.01. The molecule has 0 amide bonds. The highest BCUT2D eigenvalue weighted by Crippen LogP contribution is 2.32. The number of rotatable bonds is 4. The van der Waals surface area contributed by atoms with E-state index in [-0.39, 0.29) is 11.8 Å². The Bertz CT molecular complexity index is 1290. The van der Waals surface area contributed by atoms with Crippen LogP contribution in [0.1, 0.15) is 22.3 Å². The van der Waals surface area contributed by atoms with Gasteiger partial charge < -0.3 is 13.3 Å². The summed E-state index contributed by atoms with van der Waals surface area (Å²) in [5, 5.41) is 16.6. The van der Waals surface area contributed by atoms with Crippen LogP contribution in [0.5, 0.6) is 0 Å². The van der Waals surface area contributed by atoms with E-state index in [2.05, 4.69) is 32.5 Å². The number of hydrogen-bond donors (Lipinski definition) is 0. The van der Waals surface area contributed by atoms with Crippen molar-refractivity contribution in [1.82, 2.24) is 20.4 Å². The van der Waals surface area contributed by atoms with Gasteiger partial charge >= 0.3 is 0 Å². The van der Waals surface area contributed by atoms with Gasteiger partial charge in [-0.2, -0.15) is 0 Å². The van der Waals surface area contributed by atoms with Crippen molar-refractivity contribution in [2.24, 2.45) is 0 Å². The lowest BCUT2D eigenvalue weighted by molar-refractivity contribution is 0.506. The highest BCUT2D eigenvalue weighted by Gasteiger charge is 2.19. The quantitative estimate of drug-likeness (QED) is 0.360. The Morgan fingerprint density at radius 2 is 0.903 bits per heavy atom. The molecule has 0 N–H and O–H groups in total. The minimum absolute atomic E-state index is 0.287. The van der Waals surface area contributed by atoms with Gasteiger partial charge in [0.05, 0.1) is 0 Å². The van der Waals surface area contributed by atoms with Gasteiger partial charge in [-0.05, 0) is 63.1 Å². The molecule has 0 atom stereocenters. The summed E-state index contributed by atoms with van der Waals surface area (Å²) >= 11 is 0. The van der Waals surface area contributed by atoms with Gasteiger partial charge in [0.25, 0.3) is 11.8 Å². The second-order valence-corrected chi connectivity index (χ2v) is 7.63. The molecule has 0 unspecified atom stereocenters. The molecule has 0 aliphatic heterocycles. The monoisotopic (exact) mass is 412 g/mol. The van der Waals surface area contributed by atoms with Crippen molar-refractivity contribution in [3.63, 3.8) is 0 Å². The fourth-order valence-electron chi connectivity index (χ4n) is 3.54. The molecule has 0 aliphatic carbocycles. The first-order valence-corrected chi connectivity index (χ1v) is 9.91. The zero-order valence-electron chi connectivity index (χ0n) is 17.6. The number of furan rings is 1.